The van der Waals surface area contributed by atoms with Crippen LogP contribution >= 0.6 is 0 Å². The topological polar surface area (TPSA) is 68.9 Å². The van der Waals surface area contributed by atoms with Crippen molar-refractivity contribution in [2.75, 3.05) is 13.2 Å². The van der Waals surface area contributed by atoms with Gasteiger partial charge in [0, 0.05) is 12.5 Å². The lowest BCUT2D eigenvalue weighted by Crippen LogP contribution is -2.11. The van der Waals surface area contributed by atoms with Crippen molar-refractivity contribution < 1.29 is 19.0 Å². The Morgan fingerprint density at radius 3 is 2.71 bits per heavy atom. The van der Waals surface area contributed by atoms with Crippen LogP contribution in [0.5, 0.6) is 11.5 Å². The van der Waals surface area contributed by atoms with E-state index in [0.717, 1.165) is 11.3 Å². The van der Waals surface area contributed by atoms with E-state index in [1.165, 1.54) is 12.3 Å². The summed E-state index contributed by atoms with van der Waals surface area (Å²) in [6.07, 6.45) is 1.87. The van der Waals surface area contributed by atoms with Gasteiger partial charge in [-0.2, -0.15) is 0 Å². The van der Waals surface area contributed by atoms with E-state index in [9.17, 15) is 4.79 Å². The summed E-state index contributed by atoms with van der Waals surface area (Å²) >= 11 is 0. The summed E-state index contributed by atoms with van der Waals surface area (Å²) < 4.78 is 15.9. The molecule has 0 saturated carbocycles. The van der Waals surface area contributed by atoms with E-state index in [1.54, 1.807) is 0 Å². The number of aryl methyl sites for hydroxylation is 1. The molecule has 5 nitrogen and oxygen atoms in total. The molecule has 0 saturated heterocycles. The third kappa shape index (κ3) is 4.65. The van der Waals surface area contributed by atoms with Crippen LogP contribution < -0.4 is 14.9 Å². The average Bonchev–Trinajstić information content (AvgIpc) is 2.48. The molecule has 0 aliphatic heterocycles. The summed E-state index contributed by atoms with van der Waals surface area (Å²) in [5.41, 5.74) is 0.843. The average molecular weight is 290 g/mol. The quantitative estimate of drug-likeness (QED) is 0.792. The number of aliphatic hydroxyl groups excluding tert-OH is 1. The molecule has 0 atom stereocenters. The maximum Gasteiger partial charge on any atom is 0.227 e. The van der Waals surface area contributed by atoms with Gasteiger partial charge in [0.05, 0.1) is 13.2 Å². The third-order valence-electron chi connectivity index (χ3n) is 2.81. The van der Waals surface area contributed by atoms with Crippen LogP contribution in [0, 0.1) is 6.92 Å². The van der Waals surface area contributed by atoms with Gasteiger partial charge < -0.3 is 19.0 Å². The van der Waals surface area contributed by atoms with Crippen LogP contribution in [-0.4, -0.2) is 18.3 Å². The van der Waals surface area contributed by atoms with E-state index in [2.05, 4.69) is 0 Å². The van der Waals surface area contributed by atoms with Crippen molar-refractivity contribution in [3.8, 4) is 11.5 Å². The number of hydrogen-bond donors (Lipinski definition) is 1. The predicted octanol–water partition coefficient (Wildman–Crippen LogP) is 2.29. The van der Waals surface area contributed by atoms with Gasteiger partial charge in [-0.3, -0.25) is 4.79 Å². The molecular weight excluding hydrogens is 272 g/mol. The van der Waals surface area contributed by atoms with Gasteiger partial charge in [-0.1, -0.05) is 12.1 Å². The highest BCUT2D eigenvalue weighted by molar-refractivity contribution is 5.27. The fraction of sp³-hybridized carbons (Fsp3) is 0.312. The van der Waals surface area contributed by atoms with E-state index < -0.39 is 0 Å². The molecule has 1 aromatic carbocycles. The molecule has 0 amide bonds. The molecule has 1 N–H and O–H groups in total. The minimum absolute atomic E-state index is 0.141. The van der Waals surface area contributed by atoms with Crippen molar-refractivity contribution >= 4 is 0 Å². The summed E-state index contributed by atoms with van der Waals surface area (Å²) in [6.45, 7) is 2.56. The Labute approximate surface area is 122 Å². The summed E-state index contributed by atoms with van der Waals surface area (Å²) in [4.78, 5) is 11.6. The number of benzene rings is 1. The van der Waals surface area contributed by atoms with Crippen molar-refractivity contribution in [1.82, 2.24) is 0 Å². The highest BCUT2D eigenvalue weighted by atomic mass is 16.5. The second-order valence-corrected chi connectivity index (χ2v) is 4.60. The second-order valence-electron chi connectivity index (χ2n) is 4.60. The Morgan fingerprint density at radius 1 is 1.19 bits per heavy atom. The normalized spacial score (nSPS) is 10.4. The first-order chi connectivity index (χ1) is 10.2. The largest absolute Gasteiger partial charge is 0.493 e. The fourth-order valence-electron chi connectivity index (χ4n) is 1.76. The van der Waals surface area contributed by atoms with E-state index >= 15 is 0 Å². The predicted molar refractivity (Wildman–Crippen MR) is 77.7 cm³/mol. The van der Waals surface area contributed by atoms with Crippen molar-refractivity contribution in [2.45, 2.75) is 20.0 Å². The van der Waals surface area contributed by atoms with Crippen LogP contribution in [0.3, 0.4) is 0 Å². The van der Waals surface area contributed by atoms with Crippen LogP contribution in [0.15, 0.2) is 45.8 Å². The van der Waals surface area contributed by atoms with Gasteiger partial charge >= 0.3 is 0 Å². The first-order valence-electron chi connectivity index (χ1n) is 6.74. The van der Waals surface area contributed by atoms with Gasteiger partial charge in [0.1, 0.15) is 24.4 Å². The van der Waals surface area contributed by atoms with Crippen LogP contribution in [0.25, 0.3) is 0 Å². The van der Waals surface area contributed by atoms with Gasteiger partial charge in [0.2, 0.25) is 11.2 Å². The number of aliphatic hydroxyl groups is 1. The Kier molecular flexibility index (Phi) is 5.40. The lowest BCUT2D eigenvalue weighted by Gasteiger charge is -2.08. The van der Waals surface area contributed by atoms with Gasteiger partial charge in [-0.25, -0.2) is 0 Å². The van der Waals surface area contributed by atoms with Crippen molar-refractivity contribution in [2.24, 2.45) is 0 Å². The smallest absolute Gasteiger partial charge is 0.227 e. The Hall–Kier alpha value is -2.27. The molecule has 112 valence electrons. The van der Waals surface area contributed by atoms with E-state index in [0.29, 0.717) is 19.6 Å². The maximum absolute atomic E-state index is 11.6. The molecule has 0 spiro atoms. The molecule has 0 fully saturated rings. The minimum Gasteiger partial charge on any atom is -0.493 e. The molecule has 0 unspecified atom stereocenters. The van der Waals surface area contributed by atoms with Crippen molar-refractivity contribution in [1.29, 1.82) is 0 Å². The number of hydrogen-bond acceptors (Lipinski definition) is 5. The summed E-state index contributed by atoms with van der Waals surface area (Å²) in [7, 11) is 0. The van der Waals surface area contributed by atoms with Gasteiger partial charge in [0.25, 0.3) is 0 Å². The summed E-state index contributed by atoms with van der Waals surface area (Å²) in [5, 5.41) is 8.84. The molecule has 1 heterocycles. The zero-order valence-corrected chi connectivity index (χ0v) is 11.9. The van der Waals surface area contributed by atoms with E-state index in [1.807, 2.05) is 31.2 Å². The van der Waals surface area contributed by atoms with Crippen molar-refractivity contribution in [3.63, 3.8) is 0 Å². The molecule has 0 aliphatic rings. The maximum atomic E-state index is 11.6. The van der Waals surface area contributed by atoms with Gasteiger partial charge in [-0.15, -0.1) is 0 Å². The molecule has 2 aromatic rings. The molecule has 1 aromatic heterocycles. The molecule has 0 radical (unpaired) electrons. The Balaban J connectivity index is 1.74. The monoisotopic (exact) mass is 290 g/mol. The lowest BCUT2D eigenvalue weighted by atomic mass is 10.2. The molecular formula is C16H18O5. The number of rotatable bonds is 7. The molecule has 2 rings (SSSR count). The van der Waals surface area contributed by atoms with Gasteiger partial charge in [-0.05, 0) is 24.6 Å². The van der Waals surface area contributed by atoms with Gasteiger partial charge in [0.15, 0.2) is 0 Å². The summed E-state index contributed by atoms with van der Waals surface area (Å²) in [6, 6.07) is 9.03. The molecule has 0 aliphatic carbocycles. The van der Waals surface area contributed by atoms with E-state index in [-0.39, 0.29) is 23.5 Å². The first kappa shape index (κ1) is 15.1. The zero-order valence-electron chi connectivity index (χ0n) is 11.9. The van der Waals surface area contributed by atoms with Crippen LogP contribution in [0.2, 0.25) is 0 Å². The minimum atomic E-state index is -0.306. The zero-order chi connectivity index (χ0) is 15.1. The van der Waals surface area contributed by atoms with Crippen LogP contribution in [0.1, 0.15) is 17.7 Å². The standard InChI is InChI=1S/C16H18O5/c1-12-4-2-5-13(8-12)19-6-3-7-20-16-11-21-14(10-17)9-15(16)18/h2,4-5,8-9,11,17H,3,6-7,10H2,1H3. The lowest BCUT2D eigenvalue weighted by molar-refractivity contribution is 0.228. The number of ether oxygens (including phenoxy) is 2. The molecule has 0 bridgehead atoms. The third-order valence-corrected chi connectivity index (χ3v) is 2.81. The first-order valence-corrected chi connectivity index (χ1v) is 6.74. The SMILES string of the molecule is Cc1cccc(OCCCOc2coc(CO)cc2=O)c1. The van der Waals surface area contributed by atoms with Crippen molar-refractivity contribution in [3.05, 3.63) is 58.1 Å². The Morgan fingerprint density at radius 2 is 2.00 bits per heavy atom. The van der Waals surface area contributed by atoms with Crippen LogP contribution in [0.4, 0.5) is 0 Å². The summed E-state index contributed by atoms with van der Waals surface area (Å²) in [5.74, 6) is 1.18. The fourth-order valence-corrected chi connectivity index (χ4v) is 1.76. The highest BCUT2D eigenvalue weighted by Crippen LogP contribution is 2.12. The molecule has 21 heavy (non-hydrogen) atoms. The second kappa shape index (κ2) is 7.50. The van der Waals surface area contributed by atoms with Crippen LogP contribution in [-0.2, 0) is 6.61 Å². The highest BCUT2D eigenvalue weighted by Gasteiger charge is 2.04. The molecule has 5 heteroatoms. The Bertz CT molecular complexity index is 633. The van der Waals surface area contributed by atoms with E-state index in [4.69, 9.17) is 19.0 Å².